The van der Waals surface area contributed by atoms with Gasteiger partial charge in [-0.05, 0) is 94.2 Å². The molecule has 0 saturated heterocycles. The van der Waals surface area contributed by atoms with E-state index in [0.717, 1.165) is 11.1 Å². The largest absolute Gasteiger partial charge is 0.217 e. The van der Waals surface area contributed by atoms with Gasteiger partial charge in [-0.3, -0.25) is 0 Å². The van der Waals surface area contributed by atoms with Gasteiger partial charge >= 0.3 is 0 Å². The Kier molecular flexibility index (Phi) is 7.66. The molecule has 5 rings (SSSR count). The molecule has 0 spiro atoms. The molecule has 0 radical (unpaired) electrons. The molecule has 0 aliphatic rings. The van der Waals surface area contributed by atoms with Crippen LogP contribution in [0.2, 0.25) is 0 Å². The van der Waals surface area contributed by atoms with Crippen LogP contribution in [-0.4, -0.2) is 15.0 Å². The quantitative estimate of drug-likeness (QED) is 0.222. The molecule has 0 unspecified atom stereocenters. The summed E-state index contributed by atoms with van der Waals surface area (Å²) in [5.74, 6) is 1.35. The number of hydrogen-bond donors (Lipinski definition) is 0. The second-order valence-electron chi connectivity index (χ2n) is 13.8. The van der Waals surface area contributed by atoms with Crippen LogP contribution in [0.5, 0.6) is 0 Å². The lowest BCUT2D eigenvalue weighted by Crippen LogP contribution is -2.12. The summed E-state index contributed by atoms with van der Waals surface area (Å²) in [6, 6.07) is 26.4. The van der Waals surface area contributed by atoms with Gasteiger partial charge in [-0.15, -0.1) is 0 Å². The van der Waals surface area contributed by atoms with Gasteiger partial charge < -0.3 is 0 Å². The number of aryl methyl sites for hydroxylation is 4. The highest BCUT2D eigenvalue weighted by molar-refractivity contribution is 5.75. The molecule has 0 bridgehead atoms. The number of rotatable bonds is 4. The van der Waals surface area contributed by atoms with E-state index >= 15 is 0 Å². The molecule has 0 N–H and O–H groups in total. The lowest BCUT2D eigenvalue weighted by Gasteiger charge is -2.22. The predicted molar refractivity (Wildman–Crippen MR) is 178 cm³/mol. The lowest BCUT2D eigenvalue weighted by atomic mass is 9.82. The highest BCUT2D eigenvalue weighted by atomic mass is 15.0. The van der Waals surface area contributed by atoms with Crippen molar-refractivity contribution in [3.63, 3.8) is 0 Å². The standard InChI is InChI=1S/C39H43N3/c1-24-19-32(38(5,6)7)20-25(2)34(24)28-11-15-30(16-12-28)36-40-23-41-37(42-36)31-17-13-29(14-18-31)35-26(3)21-33(22-27(35)4)39(8,9)10/h11-23H,1-10H3. The average molecular weight is 554 g/mol. The fourth-order valence-electron chi connectivity index (χ4n) is 5.85. The van der Waals surface area contributed by atoms with Crippen LogP contribution in [0, 0.1) is 27.7 Å². The van der Waals surface area contributed by atoms with Crippen molar-refractivity contribution in [3.8, 4) is 45.0 Å². The van der Waals surface area contributed by atoms with Gasteiger partial charge in [0.1, 0.15) is 6.33 Å². The minimum Gasteiger partial charge on any atom is -0.217 e. The van der Waals surface area contributed by atoms with Crippen LogP contribution < -0.4 is 0 Å². The Labute approximate surface area is 252 Å². The van der Waals surface area contributed by atoms with Crippen molar-refractivity contribution in [2.45, 2.75) is 80.1 Å². The fraction of sp³-hybridized carbons (Fsp3) is 0.308. The second kappa shape index (κ2) is 10.9. The van der Waals surface area contributed by atoms with E-state index < -0.39 is 0 Å². The first-order valence-corrected chi connectivity index (χ1v) is 14.9. The number of nitrogens with zero attached hydrogens (tertiary/aromatic N) is 3. The van der Waals surface area contributed by atoms with Gasteiger partial charge in [-0.1, -0.05) is 114 Å². The minimum absolute atomic E-state index is 0.129. The molecule has 1 heterocycles. The van der Waals surface area contributed by atoms with Crippen LogP contribution in [0.25, 0.3) is 45.0 Å². The summed E-state index contributed by atoms with van der Waals surface area (Å²) < 4.78 is 0. The van der Waals surface area contributed by atoms with Crippen molar-refractivity contribution in [1.82, 2.24) is 15.0 Å². The summed E-state index contributed by atoms with van der Waals surface area (Å²) in [6.45, 7) is 22.4. The molecule has 42 heavy (non-hydrogen) atoms. The van der Waals surface area contributed by atoms with Gasteiger partial charge in [-0.25, -0.2) is 15.0 Å². The number of benzene rings is 4. The van der Waals surface area contributed by atoms with E-state index in [1.807, 2.05) is 0 Å². The Morgan fingerprint density at radius 3 is 1.00 bits per heavy atom. The van der Waals surface area contributed by atoms with Crippen molar-refractivity contribution in [2.75, 3.05) is 0 Å². The second-order valence-corrected chi connectivity index (χ2v) is 13.8. The maximum absolute atomic E-state index is 4.84. The maximum Gasteiger partial charge on any atom is 0.163 e. The van der Waals surface area contributed by atoms with E-state index in [2.05, 4.69) is 152 Å². The normalized spacial score (nSPS) is 12.0. The van der Waals surface area contributed by atoms with Gasteiger partial charge in [0.15, 0.2) is 11.6 Å². The Hall–Kier alpha value is -4.11. The third kappa shape index (κ3) is 5.92. The van der Waals surface area contributed by atoms with Gasteiger partial charge in [0, 0.05) is 11.1 Å². The van der Waals surface area contributed by atoms with Crippen molar-refractivity contribution in [2.24, 2.45) is 0 Å². The van der Waals surface area contributed by atoms with Crippen molar-refractivity contribution < 1.29 is 0 Å². The molecule has 4 aromatic carbocycles. The molecular formula is C39H43N3. The van der Waals surface area contributed by atoms with Crippen LogP contribution in [0.3, 0.4) is 0 Å². The van der Waals surface area contributed by atoms with E-state index in [4.69, 9.17) is 4.98 Å². The SMILES string of the molecule is Cc1cc(C(C)(C)C)cc(C)c1-c1ccc(-c2ncnc(-c3ccc(-c4c(C)cc(C(C)(C)C)cc4C)cc3)n2)cc1. The van der Waals surface area contributed by atoms with E-state index in [9.17, 15) is 0 Å². The van der Waals surface area contributed by atoms with E-state index in [1.54, 1.807) is 6.33 Å². The van der Waals surface area contributed by atoms with Crippen molar-refractivity contribution in [3.05, 3.63) is 113 Å². The molecule has 0 aliphatic heterocycles. The summed E-state index contributed by atoms with van der Waals surface area (Å²) in [5.41, 5.74) is 15.2. The molecule has 0 atom stereocenters. The van der Waals surface area contributed by atoms with Crippen LogP contribution in [0.1, 0.15) is 74.9 Å². The van der Waals surface area contributed by atoms with E-state index in [-0.39, 0.29) is 10.8 Å². The van der Waals surface area contributed by atoms with E-state index in [1.165, 1.54) is 55.6 Å². The third-order valence-corrected chi connectivity index (χ3v) is 8.23. The molecule has 0 saturated carbocycles. The van der Waals surface area contributed by atoms with Gasteiger partial charge in [0.25, 0.3) is 0 Å². The molecule has 214 valence electrons. The maximum atomic E-state index is 4.84. The molecule has 0 fully saturated rings. The van der Waals surface area contributed by atoms with Gasteiger partial charge in [0.2, 0.25) is 0 Å². The molecule has 3 heteroatoms. The molecule has 3 nitrogen and oxygen atoms in total. The highest BCUT2D eigenvalue weighted by Gasteiger charge is 2.18. The Morgan fingerprint density at radius 2 is 0.714 bits per heavy atom. The summed E-state index contributed by atoms with van der Waals surface area (Å²) >= 11 is 0. The van der Waals surface area contributed by atoms with Gasteiger partial charge in [-0.2, -0.15) is 0 Å². The summed E-state index contributed by atoms with van der Waals surface area (Å²) in [6.07, 6.45) is 1.61. The van der Waals surface area contributed by atoms with Crippen molar-refractivity contribution in [1.29, 1.82) is 0 Å². The van der Waals surface area contributed by atoms with Gasteiger partial charge in [0.05, 0.1) is 0 Å². The summed E-state index contributed by atoms with van der Waals surface area (Å²) in [7, 11) is 0. The number of aromatic nitrogens is 3. The topological polar surface area (TPSA) is 38.7 Å². The Bertz CT molecular complexity index is 1570. The summed E-state index contributed by atoms with van der Waals surface area (Å²) in [4.78, 5) is 13.9. The van der Waals surface area contributed by atoms with Crippen LogP contribution >= 0.6 is 0 Å². The molecular weight excluding hydrogens is 510 g/mol. The molecule has 1 aromatic heterocycles. The molecule has 0 aliphatic carbocycles. The first-order chi connectivity index (χ1) is 19.7. The predicted octanol–water partition coefficient (Wildman–Crippen LogP) is 10.4. The Morgan fingerprint density at radius 1 is 0.429 bits per heavy atom. The van der Waals surface area contributed by atoms with Crippen LogP contribution in [-0.2, 0) is 10.8 Å². The summed E-state index contributed by atoms with van der Waals surface area (Å²) in [5, 5.41) is 0. The zero-order valence-corrected chi connectivity index (χ0v) is 26.8. The Balaban J connectivity index is 1.41. The monoisotopic (exact) mass is 553 g/mol. The highest BCUT2D eigenvalue weighted by Crippen LogP contribution is 2.35. The van der Waals surface area contributed by atoms with Crippen LogP contribution in [0.15, 0.2) is 79.1 Å². The third-order valence-electron chi connectivity index (χ3n) is 8.23. The molecule has 0 amide bonds. The lowest BCUT2D eigenvalue weighted by molar-refractivity contribution is 0.589. The number of hydrogen-bond acceptors (Lipinski definition) is 3. The van der Waals surface area contributed by atoms with Crippen LogP contribution in [0.4, 0.5) is 0 Å². The van der Waals surface area contributed by atoms with E-state index in [0.29, 0.717) is 11.6 Å². The zero-order valence-electron chi connectivity index (χ0n) is 26.8. The first-order valence-electron chi connectivity index (χ1n) is 14.9. The first kappa shape index (κ1) is 29.4. The van der Waals surface area contributed by atoms with Crippen molar-refractivity contribution >= 4 is 0 Å². The average Bonchev–Trinajstić information content (AvgIpc) is 2.92. The minimum atomic E-state index is 0.129. The smallest absolute Gasteiger partial charge is 0.163 e. The fourth-order valence-corrected chi connectivity index (χ4v) is 5.85. The zero-order chi connectivity index (χ0) is 30.4. The molecule has 5 aromatic rings.